The van der Waals surface area contributed by atoms with Crippen LogP contribution in [-0.2, 0) is 6.42 Å². The van der Waals surface area contributed by atoms with E-state index in [2.05, 4.69) is 13.0 Å². The first-order chi connectivity index (χ1) is 5.86. The molecule has 0 atom stereocenters. The average Bonchev–Trinajstić information content (AvgIpc) is 2.54. The van der Waals surface area contributed by atoms with Gasteiger partial charge in [-0.3, -0.25) is 0 Å². The third kappa shape index (κ3) is 1.79. The van der Waals surface area contributed by atoms with Crippen LogP contribution in [0.15, 0.2) is 22.3 Å². The summed E-state index contributed by atoms with van der Waals surface area (Å²) in [5.41, 5.74) is 2.72. The molecule has 1 nitrogen and oxygen atoms in total. The fourth-order valence-corrected chi connectivity index (χ4v) is 1.33. The van der Waals surface area contributed by atoms with Crippen molar-refractivity contribution in [3.63, 3.8) is 0 Å². The van der Waals surface area contributed by atoms with Gasteiger partial charge in [-0.05, 0) is 19.4 Å². The van der Waals surface area contributed by atoms with Crippen molar-refractivity contribution in [1.82, 2.24) is 0 Å². The Labute approximate surface area is 74.1 Å². The minimum atomic E-state index is 1.07. The first-order valence-corrected chi connectivity index (χ1v) is 4.60. The molecule has 1 heteroatoms. The quantitative estimate of drug-likeness (QED) is 0.570. The van der Waals surface area contributed by atoms with Gasteiger partial charge >= 0.3 is 0 Å². The van der Waals surface area contributed by atoms with E-state index in [9.17, 15) is 0 Å². The topological polar surface area (TPSA) is 13.1 Å². The molecule has 0 bridgehead atoms. The summed E-state index contributed by atoms with van der Waals surface area (Å²) in [6, 6.07) is 2.03. The second-order valence-corrected chi connectivity index (χ2v) is 2.79. The van der Waals surface area contributed by atoms with E-state index in [1.54, 1.807) is 6.26 Å². The number of fused-ring (bicyclic) bond motifs is 1. The van der Waals surface area contributed by atoms with Gasteiger partial charge in [-0.1, -0.05) is 25.5 Å². The molecule has 1 heterocycles. The Kier molecular flexibility index (Phi) is 3.15. The van der Waals surface area contributed by atoms with Gasteiger partial charge in [0.25, 0.3) is 0 Å². The summed E-state index contributed by atoms with van der Waals surface area (Å²) in [4.78, 5) is 0. The first kappa shape index (κ1) is 9.11. The average molecular weight is 164 g/mol. The standard InChI is InChI=1S/C9H10O.C2H6/c1-7-2-3-9-8(6-7)4-5-10-9;1-2/h4-6H,2-3H2,1H3;1-2H3. The molecule has 0 aromatic carbocycles. The molecular weight excluding hydrogens is 148 g/mol. The van der Waals surface area contributed by atoms with Crippen LogP contribution < -0.4 is 0 Å². The molecule has 66 valence electrons. The molecular formula is C11H16O. The van der Waals surface area contributed by atoms with Crippen molar-refractivity contribution >= 4 is 6.08 Å². The van der Waals surface area contributed by atoms with E-state index < -0.39 is 0 Å². The summed E-state index contributed by atoms with van der Waals surface area (Å²) >= 11 is 0. The number of hydrogen-bond donors (Lipinski definition) is 0. The predicted octanol–water partition coefficient (Wildman–Crippen LogP) is 3.66. The molecule has 0 radical (unpaired) electrons. The van der Waals surface area contributed by atoms with Crippen molar-refractivity contribution in [3.05, 3.63) is 29.2 Å². The maximum atomic E-state index is 5.26. The Bertz CT molecular complexity index is 268. The van der Waals surface area contributed by atoms with E-state index in [1.165, 1.54) is 11.1 Å². The van der Waals surface area contributed by atoms with Crippen molar-refractivity contribution in [2.24, 2.45) is 0 Å². The molecule has 12 heavy (non-hydrogen) atoms. The lowest BCUT2D eigenvalue weighted by Crippen LogP contribution is -1.92. The Hall–Kier alpha value is -0.980. The van der Waals surface area contributed by atoms with Gasteiger partial charge < -0.3 is 4.42 Å². The van der Waals surface area contributed by atoms with Crippen LogP contribution >= 0.6 is 0 Å². The Balaban J connectivity index is 0.000000336. The normalized spacial score (nSPS) is 14.1. The van der Waals surface area contributed by atoms with Crippen LogP contribution in [0.4, 0.5) is 0 Å². The molecule has 0 spiro atoms. The van der Waals surface area contributed by atoms with E-state index in [0.29, 0.717) is 0 Å². The lowest BCUT2D eigenvalue weighted by molar-refractivity contribution is 0.505. The van der Waals surface area contributed by atoms with Gasteiger partial charge in [0.1, 0.15) is 5.76 Å². The Morgan fingerprint density at radius 3 is 2.75 bits per heavy atom. The summed E-state index contributed by atoms with van der Waals surface area (Å²) < 4.78 is 5.26. The van der Waals surface area contributed by atoms with Crippen molar-refractivity contribution < 1.29 is 4.42 Å². The maximum absolute atomic E-state index is 5.26. The highest BCUT2D eigenvalue weighted by atomic mass is 16.3. The van der Waals surface area contributed by atoms with Crippen LogP contribution in [0.1, 0.15) is 38.5 Å². The SMILES string of the molecule is CC.CC1=Cc2ccoc2CC1. The van der Waals surface area contributed by atoms with Gasteiger partial charge in [0.05, 0.1) is 6.26 Å². The van der Waals surface area contributed by atoms with Crippen LogP contribution in [0.25, 0.3) is 6.08 Å². The number of furan rings is 1. The predicted molar refractivity (Wildman–Crippen MR) is 52.0 cm³/mol. The van der Waals surface area contributed by atoms with E-state index >= 15 is 0 Å². The molecule has 0 amide bonds. The van der Waals surface area contributed by atoms with Gasteiger partial charge in [-0.2, -0.15) is 0 Å². The molecule has 0 saturated heterocycles. The molecule has 1 aromatic heterocycles. The smallest absolute Gasteiger partial charge is 0.111 e. The second kappa shape index (κ2) is 4.15. The fourth-order valence-electron chi connectivity index (χ4n) is 1.33. The zero-order chi connectivity index (χ0) is 8.97. The molecule has 0 aliphatic heterocycles. The number of allylic oxidation sites excluding steroid dienone is 1. The number of hydrogen-bond acceptors (Lipinski definition) is 1. The van der Waals surface area contributed by atoms with Crippen LogP contribution in [-0.4, -0.2) is 0 Å². The van der Waals surface area contributed by atoms with Crippen LogP contribution in [0.3, 0.4) is 0 Å². The number of rotatable bonds is 0. The van der Waals surface area contributed by atoms with E-state index in [0.717, 1.165) is 18.6 Å². The first-order valence-electron chi connectivity index (χ1n) is 4.60. The minimum absolute atomic E-state index is 1.07. The van der Waals surface area contributed by atoms with Crippen molar-refractivity contribution in [1.29, 1.82) is 0 Å². The highest BCUT2D eigenvalue weighted by Gasteiger charge is 2.09. The second-order valence-electron chi connectivity index (χ2n) is 2.79. The maximum Gasteiger partial charge on any atom is 0.111 e. The van der Waals surface area contributed by atoms with E-state index in [4.69, 9.17) is 4.42 Å². The van der Waals surface area contributed by atoms with Crippen LogP contribution in [0, 0.1) is 0 Å². The van der Waals surface area contributed by atoms with Crippen molar-refractivity contribution in [3.8, 4) is 0 Å². The zero-order valence-corrected chi connectivity index (χ0v) is 8.05. The molecule has 1 aliphatic carbocycles. The molecule has 0 unspecified atom stereocenters. The molecule has 0 fully saturated rings. The number of aryl methyl sites for hydroxylation is 1. The van der Waals surface area contributed by atoms with E-state index in [1.807, 2.05) is 19.9 Å². The van der Waals surface area contributed by atoms with Gasteiger partial charge in [0.2, 0.25) is 0 Å². The summed E-state index contributed by atoms with van der Waals surface area (Å²) in [6.07, 6.45) is 6.19. The van der Waals surface area contributed by atoms with Gasteiger partial charge in [0.15, 0.2) is 0 Å². The third-order valence-corrected chi connectivity index (χ3v) is 1.93. The van der Waals surface area contributed by atoms with Crippen LogP contribution in [0.2, 0.25) is 0 Å². The Morgan fingerprint density at radius 2 is 2.00 bits per heavy atom. The van der Waals surface area contributed by atoms with Gasteiger partial charge in [-0.15, -0.1) is 0 Å². The van der Waals surface area contributed by atoms with Gasteiger partial charge in [-0.25, -0.2) is 0 Å². The highest BCUT2D eigenvalue weighted by molar-refractivity contribution is 5.56. The molecule has 2 rings (SSSR count). The largest absolute Gasteiger partial charge is 0.469 e. The molecule has 1 aliphatic rings. The lowest BCUT2D eigenvalue weighted by atomic mass is 10.00. The van der Waals surface area contributed by atoms with Crippen molar-refractivity contribution in [2.75, 3.05) is 0 Å². The Morgan fingerprint density at radius 1 is 1.25 bits per heavy atom. The molecule has 0 saturated carbocycles. The van der Waals surface area contributed by atoms with Crippen molar-refractivity contribution in [2.45, 2.75) is 33.6 Å². The minimum Gasteiger partial charge on any atom is -0.469 e. The third-order valence-electron chi connectivity index (χ3n) is 1.93. The monoisotopic (exact) mass is 164 g/mol. The zero-order valence-electron chi connectivity index (χ0n) is 8.05. The van der Waals surface area contributed by atoms with Crippen LogP contribution in [0.5, 0.6) is 0 Å². The lowest BCUT2D eigenvalue weighted by Gasteiger charge is -2.06. The fraction of sp³-hybridized carbons (Fsp3) is 0.455. The van der Waals surface area contributed by atoms with E-state index in [-0.39, 0.29) is 0 Å². The molecule has 1 aromatic rings. The summed E-state index contributed by atoms with van der Waals surface area (Å²) in [5, 5.41) is 0. The molecule has 0 N–H and O–H groups in total. The summed E-state index contributed by atoms with van der Waals surface area (Å²) in [5.74, 6) is 1.14. The van der Waals surface area contributed by atoms with Gasteiger partial charge in [0, 0.05) is 12.0 Å². The summed E-state index contributed by atoms with van der Waals surface area (Å²) in [6.45, 7) is 6.16. The highest BCUT2D eigenvalue weighted by Crippen LogP contribution is 2.23. The summed E-state index contributed by atoms with van der Waals surface area (Å²) in [7, 11) is 0.